The molecule has 1 aromatic heterocycles. The van der Waals surface area contributed by atoms with Gasteiger partial charge in [-0.3, -0.25) is 4.79 Å². The molecule has 1 heterocycles. The molecule has 3 aromatic carbocycles. The van der Waals surface area contributed by atoms with E-state index in [1.165, 1.54) is 18.2 Å². The summed E-state index contributed by atoms with van der Waals surface area (Å²) in [4.78, 5) is 15.8. The monoisotopic (exact) mass is 505 g/mol. The first-order valence-corrected chi connectivity index (χ1v) is 11.2. The van der Waals surface area contributed by atoms with Gasteiger partial charge in [-0.25, -0.2) is 13.4 Å². The van der Waals surface area contributed by atoms with Gasteiger partial charge in [0.05, 0.1) is 22.1 Å². The number of halogens is 4. The zero-order chi connectivity index (χ0) is 24.7. The van der Waals surface area contributed by atoms with Gasteiger partial charge >= 0.3 is 5.51 Å². The minimum absolute atomic E-state index is 0.112. The fourth-order valence-electron chi connectivity index (χ4n) is 3.08. The molecule has 4 aromatic rings. The maximum Gasteiger partial charge on any atom is 0.501 e. The smallest absolute Gasteiger partial charge is 0.436 e. The van der Waals surface area contributed by atoms with E-state index in [-0.39, 0.29) is 17.1 Å². The van der Waals surface area contributed by atoms with Crippen molar-refractivity contribution in [1.29, 1.82) is 5.26 Å². The molecule has 0 aliphatic rings. The van der Waals surface area contributed by atoms with Crippen molar-refractivity contribution in [3.8, 4) is 17.5 Å². The lowest BCUT2D eigenvalue weighted by Gasteiger charge is -2.13. The number of nitriles is 1. The number of hydrogen-bond donors (Lipinski definition) is 1. The summed E-state index contributed by atoms with van der Waals surface area (Å²) in [6, 6.07) is 14.9. The van der Waals surface area contributed by atoms with Crippen LogP contribution >= 0.6 is 11.6 Å². The topological polar surface area (TPSA) is 113 Å². The van der Waals surface area contributed by atoms with Crippen molar-refractivity contribution in [2.75, 3.05) is 5.32 Å². The van der Waals surface area contributed by atoms with Crippen LogP contribution in [0, 0.1) is 11.3 Å². The summed E-state index contributed by atoms with van der Waals surface area (Å²) in [5.41, 5.74) is -5.25. The number of rotatable bonds is 4. The molecule has 0 aliphatic carbocycles. The maximum absolute atomic E-state index is 13.1. The number of oxazole rings is 1. The highest BCUT2D eigenvalue weighted by Gasteiger charge is 2.48. The van der Waals surface area contributed by atoms with Gasteiger partial charge in [0.25, 0.3) is 15.7 Å². The van der Waals surface area contributed by atoms with Gasteiger partial charge in [0.2, 0.25) is 5.89 Å². The number of nitrogens with one attached hydrogen (secondary N) is 1. The molecular weight excluding hydrogens is 495 g/mol. The molecule has 0 radical (unpaired) electrons. The van der Waals surface area contributed by atoms with Crippen LogP contribution in [0.25, 0.3) is 22.6 Å². The predicted octanol–water partition coefficient (Wildman–Crippen LogP) is 5.57. The van der Waals surface area contributed by atoms with Crippen molar-refractivity contribution in [2.24, 2.45) is 0 Å². The van der Waals surface area contributed by atoms with Crippen molar-refractivity contribution in [1.82, 2.24) is 4.98 Å². The number of hydrogen-bond acceptors (Lipinski definition) is 6. The summed E-state index contributed by atoms with van der Waals surface area (Å²) < 4.78 is 68.9. The van der Waals surface area contributed by atoms with E-state index in [1.54, 1.807) is 30.3 Å². The molecule has 1 amide bonds. The number of fused-ring (bicyclic) bond motifs is 1. The lowest BCUT2D eigenvalue weighted by atomic mass is 10.1. The van der Waals surface area contributed by atoms with Crippen LogP contribution in [0.4, 0.5) is 18.9 Å². The third-order valence-electron chi connectivity index (χ3n) is 4.66. The first-order valence-electron chi connectivity index (χ1n) is 9.33. The van der Waals surface area contributed by atoms with Crippen molar-refractivity contribution in [3.63, 3.8) is 0 Å². The Morgan fingerprint density at radius 2 is 1.85 bits per heavy atom. The molecule has 0 aliphatic heterocycles. The second kappa shape index (κ2) is 8.48. The van der Waals surface area contributed by atoms with Crippen LogP contribution in [-0.4, -0.2) is 24.8 Å². The van der Waals surface area contributed by atoms with E-state index in [0.717, 1.165) is 12.1 Å². The Bertz CT molecular complexity index is 1590. The summed E-state index contributed by atoms with van der Waals surface area (Å²) >= 11 is 5.98. The number of carbonyl (C=O) groups is 1. The molecule has 0 spiro atoms. The molecule has 0 saturated heterocycles. The van der Waals surface area contributed by atoms with Gasteiger partial charge in [0, 0.05) is 16.3 Å². The third kappa shape index (κ3) is 4.33. The van der Waals surface area contributed by atoms with Crippen molar-refractivity contribution in [3.05, 3.63) is 76.8 Å². The van der Waals surface area contributed by atoms with Gasteiger partial charge in [0.15, 0.2) is 5.58 Å². The first-order chi connectivity index (χ1) is 16.0. The van der Waals surface area contributed by atoms with Gasteiger partial charge in [-0.05, 0) is 54.6 Å². The standard InChI is InChI=1S/C22H11ClF3N3O4S/c23-14-3-1-2-13(9-14)21-29-17-10-15(5-6-18(17)33-21)28-20(30)16-8-12(11-27)4-7-19(16)34(31,32)22(24,25)26/h1-10H,(H,28,30). The number of alkyl halides is 3. The Morgan fingerprint density at radius 1 is 1.09 bits per heavy atom. The predicted molar refractivity (Wildman–Crippen MR) is 117 cm³/mol. The van der Waals surface area contributed by atoms with Gasteiger partial charge in [-0.2, -0.15) is 18.4 Å². The van der Waals surface area contributed by atoms with Crippen LogP contribution < -0.4 is 5.32 Å². The van der Waals surface area contributed by atoms with Gasteiger partial charge in [-0.1, -0.05) is 17.7 Å². The molecule has 0 unspecified atom stereocenters. The molecule has 7 nitrogen and oxygen atoms in total. The van der Waals surface area contributed by atoms with E-state index in [9.17, 15) is 26.4 Å². The molecule has 172 valence electrons. The van der Waals surface area contributed by atoms with E-state index in [1.807, 2.05) is 0 Å². The Labute approximate surface area is 195 Å². The summed E-state index contributed by atoms with van der Waals surface area (Å²) in [5.74, 6) is -0.904. The fraction of sp³-hybridized carbons (Fsp3) is 0.0455. The van der Waals surface area contributed by atoms with E-state index >= 15 is 0 Å². The maximum atomic E-state index is 13.1. The highest BCUT2D eigenvalue weighted by molar-refractivity contribution is 7.92. The third-order valence-corrected chi connectivity index (χ3v) is 6.44. The molecule has 0 atom stereocenters. The van der Waals surface area contributed by atoms with Crippen molar-refractivity contribution in [2.45, 2.75) is 10.4 Å². The van der Waals surface area contributed by atoms with Crippen molar-refractivity contribution >= 4 is 44.1 Å². The van der Waals surface area contributed by atoms with Crippen molar-refractivity contribution < 1.29 is 30.8 Å². The normalized spacial score (nSPS) is 11.9. The number of sulfone groups is 1. The minimum Gasteiger partial charge on any atom is -0.436 e. The average molecular weight is 506 g/mol. The summed E-state index contributed by atoms with van der Waals surface area (Å²) in [7, 11) is -5.84. The average Bonchev–Trinajstić information content (AvgIpc) is 3.21. The number of benzene rings is 3. The van der Waals surface area contributed by atoms with Crippen LogP contribution in [0.15, 0.2) is 70.0 Å². The SMILES string of the molecule is N#Cc1ccc(S(=O)(=O)C(F)(F)F)c(C(=O)Nc2ccc3oc(-c4cccc(Cl)c4)nc3c2)c1. The van der Waals surface area contributed by atoms with Gasteiger partial charge < -0.3 is 9.73 Å². The van der Waals surface area contributed by atoms with Crippen LogP contribution in [-0.2, 0) is 9.84 Å². The zero-order valence-corrected chi connectivity index (χ0v) is 18.3. The van der Waals surface area contributed by atoms with Crippen LogP contribution in [0.1, 0.15) is 15.9 Å². The summed E-state index contributed by atoms with van der Waals surface area (Å²) in [6.45, 7) is 0. The number of amides is 1. The fourth-order valence-corrected chi connectivity index (χ4v) is 4.21. The molecule has 0 bridgehead atoms. The van der Waals surface area contributed by atoms with Crippen LogP contribution in [0.3, 0.4) is 0 Å². The van der Waals surface area contributed by atoms with E-state index in [4.69, 9.17) is 21.3 Å². The molecule has 1 N–H and O–H groups in total. The molecule has 0 saturated carbocycles. The Kier molecular flexibility index (Phi) is 5.80. The first kappa shape index (κ1) is 23.3. The Morgan fingerprint density at radius 3 is 2.53 bits per heavy atom. The quantitative estimate of drug-likeness (QED) is 0.388. The number of anilines is 1. The number of aromatic nitrogens is 1. The highest BCUT2D eigenvalue weighted by Crippen LogP contribution is 2.33. The summed E-state index contributed by atoms with van der Waals surface area (Å²) in [6.07, 6.45) is 0. The van der Waals surface area contributed by atoms with Gasteiger partial charge in [0.1, 0.15) is 5.52 Å². The summed E-state index contributed by atoms with van der Waals surface area (Å²) in [5, 5.41) is 11.8. The molecule has 0 fully saturated rings. The largest absolute Gasteiger partial charge is 0.501 e. The molecular formula is C22H11ClF3N3O4S. The number of nitrogens with zero attached hydrogens (tertiary/aromatic N) is 2. The lowest BCUT2D eigenvalue weighted by Crippen LogP contribution is -2.26. The van der Waals surface area contributed by atoms with E-state index < -0.39 is 31.7 Å². The van der Waals surface area contributed by atoms with Gasteiger partial charge in [-0.15, -0.1) is 0 Å². The minimum atomic E-state index is -5.84. The number of carbonyl (C=O) groups excluding carboxylic acids is 1. The second-order valence-electron chi connectivity index (χ2n) is 6.94. The highest BCUT2D eigenvalue weighted by atomic mass is 35.5. The Balaban J connectivity index is 1.70. The van der Waals surface area contributed by atoms with E-state index in [2.05, 4.69) is 10.3 Å². The second-order valence-corrected chi connectivity index (χ2v) is 9.28. The van der Waals surface area contributed by atoms with E-state index in [0.29, 0.717) is 27.8 Å². The molecule has 34 heavy (non-hydrogen) atoms. The van der Waals surface area contributed by atoms with Crippen LogP contribution in [0.2, 0.25) is 5.02 Å². The molecule has 4 rings (SSSR count). The zero-order valence-electron chi connectivity index (χ0n) is 16.7. The Hall–Kier alpha value is -3.88. The van der Waals surface area contributed by atoms with Crippen LogP contribution in [0.5, 0.6) is 0 Å². The lowest BCUT2D eigenvalue weighted by molar-refractivity contribution is -0.0436. The molecule has 12 heteroatoms.